The summed E-state index contributed by atoms with van der Waals surface area (Å²) in [6.45, 7) is 11.8. The zero-order chi connectivity index (χ0) is 15.4. The van der Waals surface area contributed by atoms with Gasteiger partial charge in [-0.3, -0.25) is 0 Å². The van der Waals surface area contributed by atoms with Gasteiger partial charge in [0.25, 0.3) is 0 Å². The molecule has 1 atom stereocenters. The predicted molar refractivity (Wildman–Crippen MR) is 79.5 cm³/mol. The standard InChI is InChI=1S/C15H30N2O3/c1-14(2,3)20-13(18)17-10-15(4,5)12(16)11-6-8-19-9-7-11/h11-12H,6-10,16H2,1-5H3,(H,17,18). The third-order valence-corrected chi connectivity index (χ3v) is 3.76. The quantitative estimate of drug-likeness (QED) is 0.831. The fourth-order valence-electron chi connectivity index (χ4n) is 2.45. The third-order valence-electron chi connectivity index (χ3n) is 3.76. The number of alkyl carbamates (subject to hydrolysis) is 1. The molecule has 1 aliphatic heterocycles. The molecule has 0 radical (unpaired) electrons. The van der Waals surface area contributed by atoms with Crippen molar-refractivity contribution in [1.29, 1.82) is 0 Å². The zero-order valence-corrected chi connectivity index (χ0v) is 13.5. The molecule has 118 valence electrons. The van der Waals surface area contributed by atoms with Crippen LogP contribution in [0.25, 0.3) is 0 Å². The maximum Gasteiger partial charge on any atom is 0.407 e. The number of rotatable bonds is 4. The van der Waals surface area contributed by atoms with Gasteiger partial charge in [0.15, 0.2) is 0 Å². The zero-order valence-electron chi connectivity index (χ0n) is 13.5. The van der Waals surface area contributed by atoms with Crippen LogP contribution in [0.1, 0.15) is 47.5 Å². The molecule has 5 nitrogen and oxygen atoms in total. The van der Waals surface area contributed by atoms with Gasteiger partial charge in [0, 0.05) is 25.8 Å². The van der Waals surface area contributed by atoms with Crippen molar-refractivity contribution in [2.24, 2.45) is 17.1 Å². The van der Waals surface area contributed by atoms with Crippen molar-refractivity contribution < 1.29 is 14.3 Å². The molecule has 0 saturated carbocycles. The van der Waals surface area contributed by atoms with Gasteiger partial charge in [0.1, 0.15) is 5.60 Å². The van der Waals surface area contributed by atoms with E-state index in [4.69, 9.17) is 15.2 Å². The van der Waals surface area contributed by atoms with Gasteiger partial charge in [-0.1, -0.05) is 13.8 Å². The fourth-order valence-corrected chi connectivity index (χ4v) is 2.45. The van der Waals surface area contributed by atoms with Crippen molar-refractivity contribution in [2.45, 2.75) is 59.1 Å². The first-order valence-electron chi connectivity index (χ1n) is 7.42. The summed E-state index contributed by atoms with van der Waals surface area (Å²) < 4.78 is 10.6. The Morgan fingerprint density at radius 3 is 2.35 bits per heavy atom. The Morgan fingerprint density at radius 2 is 1.85 bits per heavy atom. The summed E-state index contributed by atoms with van der Waals surface area (Å²) in [5, 5.41) is 2.83. The Kier molecular flexibility index (Phi) is 5.83. The molecule has 1 amide bonds. The fraction of sp³-hybridized carbons (Fsp3) is 0.933. The number of carbonyl (C=O) groups is 1. The first kappa shape index (κ1) is 17.2. The van der Waals surface area contributed by atoms with Gasteiger partial charge in [-0.15, -0.1) is 0 Å². The Morgan fingerprint density at radius 1 is 1.30 bits per heavy atom. The van der Waals surface area contributed by atoms with E-state index >= 15 is 0 Å². The molecule has 0 aromatic rings. The smallest absolute Gasteiger partial charge is 0.407 e. The Labute approximate surface area is 122 Å². The van der Waals surface area contributed by atoms with E-state index < -0.39 is 5.60 Å². The lowest BCUT2D eigenvalue weighted by molar-refractivity contribution is 0.0351. The molecule has 0 aromatic heterocycles. The SMILES string of the molecule is CC(C)(C)OC(=O)NCC(C)(C)C(N)C1CCOCC1. The topological polar surface area (TPSA) is 73.6 Å². The van der Waals surface area contributed by atoms with E-state index in [1.807, 2.05) is 20.8 Å². The van der Waals surface area contributed by atoms with Crippen LogP contribution in [-0.2, 0) is 9.47 Å². The summed E-state index contributed by atoms with van der Waals surface area (Å²) in [6.07, 6.45) is 1.61. The lowest BCUT2D eigenvalue weighted by Gasteiger charge is -2.38. The van der Waals surface area contributed by atoms with Crippen LogP contribution in [-0.4, -0.2) is 37.5 Å². The molecule has 20 heavy (non-hydrogen) atoms. The van der Waals surface area contributed by atoms with Gasteiger partial charge >= 0.3 is 6.09 Å². The van der Waals surface area contributed by atoms with E-state index in [9.17, 15) is 4.79 Å². The van der Waals surface area contributed by atoms with Crippen LogP contribution in [0.2, 0.25) is 0 Å². The summed E-state index contributed by atoms with van der Waals surface area (Å²) in [7, 11) is 0. The van der Waals surface area contributed by atoms with E-state index in [1.165, 1.54) is 0 Å². The van der Waals surface area contributed by atoms with E-state index in [1.54, 1.807) is 0 Å². The van der Waals surface area contributed by atoms with Crippen molar-refractivity contribution >= 4 is 6.09 Å². The first-order chi connectivity index (χ1) is 9.12. The molecule has 5 heteroatoms. The highest BCUT2D eigenvalue weighted by Gasteiger charge is 2.34. The van der Waals surface area contributed by atoms with E-state index in [2.05, 4.69) is 19.2 Å². The predicted octanol–water partition coefficient (Wildman–Crippen LogP) is 2.29. The lowest BCUT2D eigenvalue weighted by Crippen LogP contribution is -2.51. The normalized spacial score (nSPS) is 19.5. The van der Waals surface area contributed by atoms with Gasteiger partial charge in [-0.05, 0) is 44.9 Å². The Hall–Kier alpha value is -0.810. The van der Waals surface area contributed by atoms with Gasteiger partial charge in [-0.2, -0.15) is 0 Å². The Bertz CT molecular complexity index is 318. The average Bonchev–Trinajstić information content (AvgIpc) is 2.35. The van der Waals surface area contributed by atoms with Gasteiger partial charge < -0.3 is 20.5 Å². The maximum atomic E-state index is 11.7. The molecule has 0 aliphatic carbocycles. The van der Waals surface area contributed by atoms with Crippen LogP contribution in [0, 0.1) is 11.3 Å². The molecule has 1 heterocycles. The number of hydrogen-bond acceptors (Lipinski definition) is 4. The van der Waals surface area contributed by atoms with E-state index in [-0.39, 0.29) is 17.6 Å². The van der Waals surface area contributed by atoms with Gasteiger partial charge in [-0.25, -0.2) is 4.79 Å². The largest absolute Gasteiger partial charge is 0.444 e. The van der Waals surface area contributed by atoms with E-state index in [0.29, 0.717) is 12.5 Å². The van der Waals surface area contributed by atoms with Crippen molar-refractivity contribution in [2.75, 3.05) is 19.8 Å². The number of hydrogen-bond donors (Lipinski definition) is 2. The van der Waals surface area contributed by atoms with Crippen molar-refractivity contribution in [3.8, 4) is 0 Å². The van der Waals surface area contributed by atoms with Crippen LogP contribution in [0.5, 0.6) is 0 Å². The highest BCUT2D eigenvalue weighted by Crippen LogP contribution is 2.29. The van der Waals surface area contributed by atoms with Crippen LogP contribution >= 0.6 is 0 Å². The summed E-state index contributed by atoms with van der Waals surface area (Å²) in [5.74, 6) is 0.458. The molecule has 0 aromatic carbocycles. The number of carbonyl (C=O) groups excluding carboxylic acids is 1. The first-order valence-corrected chi connectivity index (χ1v) is 7.42. The summed E-state index contributed by atoms with van der Waals surface area (Å²) in [6, 6.07) is 0.0429. The second-order valence-corrected chi connectivity index (χ2v) is 7.32. The van der Waals surface area contributed by atoms with E-state index in [0.717, 1.165) is 26.1 Å². The Balaban J connectivity index is 2.45. The second kappa shape index (κ2) is 6.76. The van der Waals surface area contributed by atoms with Crippen LogP contribution < -0.4 is 11.1 Å². The van der Waals surface area contributed by atoms with Gasteiger partial charge in [0.2, 0.25) is 0 Å². The minimum absolute atomic E-state index is 0.0429. The molecule has 1 fully saturated rings. The second-order valence-electron chi connectivity index (χ2n) is 7.32. The third kappa shape index (κ3) is 5.67. The molecular weight excluding hydrogens is 256 g/mol. The summed E-state index contributed by atoms with van der Waals surface area (Å²) >= 11 is 0. The lowest BCUT2D eigenvalue weighted by atomic mass is 9.75. The molecule has 0 spiro atoms. The van der Waals surface area contributed by atoms with Crippen molar-refractivity contribution in [1.82, 2.24) is 5.32 Å². The molecule has 1 unspecified atom stereocenters. The molecule has 0 bridgehead atoms. The monoisotopic (exact) mass is 286 g/mol. The minimum Gasteiger partial charge on any atom is -0.444 e. The highest BCUT2D eigenvalue weighted by molar-refractivity contribution is 5.67. The molecular formula is C15H30N2O3. The molecule has 1 saturated heterocycles. The molecule has 3 N–H and O–H groups in total. The summed E-state index contributed by atoms with van der Waals surface area (Å²) in [4.78, 5) is 11.7. The van der Waals surface area contributed by atoms with Crippen LogP contribution in [0.15, 0.2) is 0 Å². The highest BCUT2D eigenvalue weighted by atomic mass is 16.6. The number of nitrogens with one attached hydrogen (secondary N) is 1. The summed E-state index contributed by atoms with van der Waals surface area (Å²) in [5.41, 5.74) is 5.75. The minimum atomic E-state index is -0.475. The number of ether oxygens (including phenoxy) is 2. The average molecular weight is 286 g/mol. The number of nitrogens with two attached hydrogens (primary N) is 1. The van der Waals surface area contributed by atoms with Gasteiger partial charge in [0.05, 0.1) is 0 Å². The molecule has 1 aliphatic rings. The molecule has 1 rings (SSSR count). The van der Waals surface area contributed by atoms with Crippen molar-refractivity contribution in [3.63, 3.8) is 0 Å². The number of amides is 1. The van der Waals surface area contributed by atoms with Crippen LogP contribution in [0.3, 0.4) is 0 Å². The van der Waals surface area contributed by atoms with Crippen molar-refractivity contribution in [3.05, 3.63) is 0 Å². The van der Waals surface area contributed by atoms with Crippen LogP contribution in [0.4, 0.5) is 4.79 Å². The maximum absolute atomic E-state index is 11.7.